The average molecular weight is 290 g/mol. The minimum atomic E-state index is -3.87. The molecule has 0 aliphatic rings. The van der Waals surface area contributed by atoms with E-state index < -0.39 is 15.8 Å². The Labute approximate surface area is 113 Å². The molecular weight excluding hydrogens is 271 g/mol. The summed E-state index contributed by atoms with van der Waals surface area (Å²) < 4.78 is 44.9. The third-order valence-electron chi connectivity index (χ3n) is 2.59. The van der Waals surface area contributed by atoms with Crippen molar-refractivity contribution in [2.45, 2.75) is 18.4 Å². The molecule has 0 saturated heterocycles. The van der Waals surface area contributed by atoms with Crippen LogP contribution in [0.3, 0.4) is 0 Å². The summed E-state index contributed by atoms with van der Waals surface area (Å²) in [4.78, 5) is -0.375. The molecular formula is C12H19FN2O3S. The van der Waals surface area contributed by atoms with E-state index in [0.717, 1.165) is 6.07 Å². The van der Waals surface area contributed by atoms with Crippen molar-refractivity contribution in [3.8, 4) is 0 Å². The maximum Gasteiger partial charge on any atom is 0.243 e. The highest BCUT2D eigenvalue weighted by Crippen LogP contribution is 2.16. The molecule has 1 unspecified atom stereocenters. The van der Waals surface area contributed by atoms with E-state index in [4.69, 9.17) is 10.5 Å². The fraction of sp³-hybridized carbons (Fsp3) is 0.500. The lowest BCUT2D eigenvalue weighted by atomic mass is 10.2. The second kappa shape index (κ2) is 6.95. The third kappa shape index (κ3) is 4.54. The van der Waals surface area contributed by atoms with Crippen molar-refractivity contribution in [3.63, 3.8) is 0 Å². The van der Waals surface area contributed by atoms with Gasteiger partial charge in [0.15, 0.2) is 0 Å². The van der Waals surface area contributed by atoms with Crippen LogP contribution in [-0.2, 0) is 21.3 Å². The van der Waals surface area contributed by atoms with Crippen molar-refractivity contribution in [2.75, 3.05) is 20.3 Å². The first-order valence-electron chi connectivity index (χ1n) is 5.87. The van der Waals surface area contributed by atoms with Gasteiger partial charge in [-0.2, -0.15) is 0 Å². The van der Waals surface area contributed by atoms with Gasteiger partial charge >= 0.3 is 0 Å². The maximum atomic E-state index is 13.6. The molecule has 0 aliphatic heterocycles. The van der Waals surface area contributed by atoms with E-state index in [1.54, 1.807) is 0 Å². The normalized spacial score (nSPS) is 13.5. The van der Waals surface area contributed by atoms with Gasteiger partial charge in [-0.1, -0.05) is 13.0 Å². The van der Waals surface area contributed by atoms with Crippen LogP contribution in [0.2, 0.25) is 0 Å². The summed E-state index contributed by atoms with van der Waals surface area (Å²) in [6, 6.07) is 3.82. The van der Waals surface area contributed by atoms with E-state index in [-0.39, 0.29) is 23.9 Å². The van der Waals surface area contributed by atoms with Crippen molar-refractivity contribution in [3.05, 3.63) is 29.6 Å². The number of nitrogens with one attached hydrogen (secondary N) is 1. The van der Waals surface area contributed by atoms with Crippen LogP contribution in [0.15, 0.2) is 23.1 Å². The second-order valence-electron chi connectivity index (χ2n) is 4.38. The van der Waals surface area contributed by atoms with Crippen molar-refractivity contribution in [1.82, 2.24) is 4.72 Å². The molecule has 0 amide bonds. The third-order valence-corrected chi connectivity index (χ3v) is 4.03. The lowest BCUT2D eigenvalue weighted by Gasteiger charge is -2.13. The Morgan fingerprint density at radius 1 is 1.47 bits per heavy atom. The number of rotatable bonds is 7. The lowest BCUT2D eigenvalue weighted by molar-refractivity contribution is 0.161. The van der Waals surface area contributed by atoms with Gasteiger partial charge in [0.1, 0.15) is 10.7 Å². The van der Waals surface area contributed by atoms with E-state index in [1.165, 1.54) is 19.2 Å². The molecule has 19 heavy (non-hydrogen) atoms. The lowest BCUT2D eigenvalue weighted by Crippen LogP contribution is -2.30. The summed E-state index contributed by atoms with van der Waals surface area (Å²) >= 11 is 0. The van der Waals surface area contributed by atoms with Crippen LogP contribution in [-0.4, -0.2) is 28.7 Å². The minimum Gasteiger partial charge on any atom is -0.384 e. The van der Waals surface area contributed by atoms with Crippen molar-refractivity contribution < 1.29 is 17.5 Å². The molecule has 1 aromatic carbocycles. The van der Waals surface area contributed by atoms with Crippen molar-refractivity contribution >= 4 is 10.0 Å². The first-order valence-corrected chi connectivity index (χ1v) is 7.36. The molecule has 5 nitrogen and oxygen atoms in total. The summed E-state index contributed by atoms with van der Waals surface area (Å²) in [6.07, 6.45) is 0. The van der Waals surface area contributed by atoms with Crippen molar-refractivity contribution in [2.24, 2.45) is 11.7 Å². The Morgan fingerprint density at radius 2 is 2.16 bits per heavy atom. The van der Waals surface area contributed by atoms with E-state index in [1.807, 2.05) is 6.92 Å². The predicted molar refractivity (Wildman–Crippen MR) is 70.5 cm³/mol. The van der Waals surface area contributed by atoms with Gasteiger partial charge in [-0.15, -0.1) is 0 Å². The molecule has 0 spiro atoms. The summed E-state index contributed by atoms with van der Waals surface area (Å²) in [5.74, 6) is -0.787. The van der Waals surface area contributed by atoms with Crippen LogP contribution < -0.4 is 10.5 Å². The number of methoxy groups -OCH3 is 1. The van der Waals surface area contributed by atoms with Gasteiger partial charge in [0, 0.05) is 26.8 Å². The number of benzene rings is 1. The molecule has 0 bridgehead atoms. The molecule has 0 saturated carbocycles. The average Bonchev–Trinajstić information content (AvgIpc) is 2.37. The quantitative estimate of drug-likeness (QED) is 0.780. The Morgan fingerprint density at radius 3 is 2.74 bits per heavy atom. The van der Waals surface area contributed by atoms with Crippen LogP contribution in [0.4, 0.5) is 4.39 Å². The largest absolute Gasteiger partial charge is 0.384 e. The summed E-state index contributed by atoms with van der Waals surface area (Å²) in [7, 11) is -2.34. The second-order valence-corrected chi connectivity index (χ2v) is 6.12. The predicted octanol–water partition coefficient (Wildman–Crippen LogP) is 0.845. The number of nitrogens with two attached hydrogens (primary N) is 1. The smallest absolute Gasteiger partial charge is 0.243 e. The van der Waals surface area contributed by atoms with Gasteiger partial charge < -0.3 is 10.5 Å². The van der Waals surface area contributed by atoms with Crippen LogP contribution in [0.25, 0.3) is 0 Å². The zero-order valence-electron chi connectivity index (χ0n) is 11.0. The monoisotopic (exact) mass is 290 g/mol. The first kappa shape index (κ1) is 16.0. The molecule has 1 atom stereocenters. The van der Waals surface area contributed by atoms with Gasteiger partial charge in [0.25, 0.3) is 0 Å². The number of ether oxygens (including phenoxy) is 1. The van der Waals surface area contributed by atoms with Crippen LogP contribution >= 0.6 is 0 Å². The summed E-state index contributed by atoms with van der Waals surface area (Å²) in [6.45, 7) is 2.60. The highest BCUT2D eigenvalue weighted by Gasteiger charge is 2.20. The highest BCUT2D eigenvalue weighted by atomic mass is 32.2. The van der Waals surface area contributed by atoms with Crippen LogP contribution in [0, 0.1) is 11.7 Å². The van der Waals surface area contributed by atoms with E-state index >= 15 is 0 Å². The summed E-state index contributed by atoms with van der Waals surface area (Å²) in [5.41, 5.74) is 5.98. The van der Waals surface area contributed by atoms with Crippen LogP contribution in [0.1, 0.15) is 12.5 Å². The number of sulfonamides is 1. The Balaban J connectivity index is 2.88. The minimum absolute atomic E-state index is 0.000488. The standard InChI is InChI=1S/C12H19FN2O3S/c1-9(8-18-2)7-15-19(16,17)12-5-10(6-14)3-4-11(12)13/h3-5,9,15H,6-8,14H2,1-2H3. The Hall–Kier alpha value is -1.02. The van der Waals surface area contributed by atoms with Gasteiger partial charge in [-0.25, -0.2) is 17.5 Å². The SMILES string of the molecule is COCC(C)CNS(=O)(=O)c1cc(CN)ccc1F. The molecule has 0 heterocycles. The molecule has 0 aromatic heterocycles. The Kier molecular flexibility index (Phi) is 5.86. The molecule has 0 aliphatic carbocycles. The molecule has 1 rings (SSSR count). The number of hydrogen-bond acceptors (Lipinski definition) is 4. The zero-order chi connectivity index (χ0) is 14.5. The fourth-order valence-electron chi connectivity index (χ4n) is 1.55. The van der Waals surface area contributed by atoms with E-state index in [0.29, 0.717) is 12.2 Å². The molecule has 3 N–H and O–H groups in total. The molecule has 1 aromatic rings. The van der Waals surface area contributed by atoms with E-state index in [2.05, 4.69) is 4.72 Å². The zero-order valence-corrected chi connectivity index (χ0v) is 11.8. The van der Waals surface area contributed by atoms with Gasteiger partial charge in [0.05, 0.1) is 0 Å². The Bertz CT molecular complexity index is 520. The van der Waals surface area contributed by atoms with Gasteiger partial charge in [0.2, 0.25) is 10.0 Å². The summed E-state index contributed by atoms with van der Waals surface area (Å²) in [5, 5.41) is 0. The van der Waals surface area contributed by atoms with Crippen LogP contribution in [0.5, 0.6) is 0 Å². The topological polar surface area (TPSA) is 81.4 Å². The molecule has 108 valence electrons. The van der Waals surface area contributed by atoms with E-state index in [9.17, 15) is 12.8 Å². The molecule has 0 fully saturated rings. The number of hydrogen-bond donors (Lipinski definition) is 2. The highest BCUT2D eigenvalue weighted by molar-refractivity contribution is 7.89. The van der Waals surface area contributed by atoms with Gasteiger partial charge in [-0.3, -0.25) is 0 Å². The first-order chi connectivity index (χ1) is 8.90. The van der Waals surface area contributed by atoms with Gasteiger partial charge in [-0.05, 0) is 23.6 Å². The fourth-order valence-corrected chi connectivity index (χ4v) is 2.84. The number of halogens is 1. The molecule has 0 radical (unpaired) electrons. The molecule has 7 heteroatoms. The maximum absolute atomic E-state index is 13.6. The van der Waals surface area contributed by atoms with Crippen molar-refractivity contribution in [1.29, 1.82) is 0 Å².